The lowest BCUT2D eigenvalue weighted by Gasteiger charge is -2.23. The Morgan fingerprint density at radius 1 is 1.09 bits per heavy atom. The molecule has 0 unspecified atom stereocenters. The fraction of sp³-hybridized carbons (Fsp3) is 0.188. The van der Waals surface area contributed by atoms with Gasteiger partial charge >= 0.3 is 6.03 Å². The van der Waals surface area contributed by atoms with E-state index in [9.17, 15) is 13.2 Å². The predicted molar refractivity (Wildman–Crippen MR) is 87.9 cm³/mol. The second-order valence-corrected chi connectivity index (χ2v) is 7.35. The topological polar surface area (TPSA) is 80.5 Å². The number of anilines is 2. The monoisotopic (exact) mass is 318 g/mol. The number of rotatable bonds is 4. The lowest BCUT2D eigenvalue weighted by molar-refractivity contribution is 0.256. The van der Waals surface area contributed by atoms with Gasteiger partial charge in [0.25, 0.3) is 0 Å². The van der Waals surface area contributed by atoms with Gasteiger partial charge in [0, 0.05) is 6.26 Å². The standard InChI is InChI=1S/C16H18N2O3S/c1-12-7-9-14(10-8-12)18(16(17)19)15-6-4-3-5-13(15)11-22(2,20)21/h3-10H,11H2,1-2H3,(H2,17,19). The maximum absolute atomic E-state index is 11.9. The van der Waals surface area contributed by atoms with Gasteiger partial charge in [-0.25, -0.2) is 13.2 Å². The number of sulfone groups is 1. The molecular weight excluding hydrogens is 300 g/mol. The average Bonchev–Trinajstić information content (AvgIpc) is 2.41. The molecule has 2 aromatic carbocycles. The van der Waals surface area contributed by atoms with Crippen LogP contribution in [0.25, 0.3) is 0 Å². The third kappa shape index (κ3) is 3.85. The number of benzene rings is 2. The Hall–Kier alpha value is -2.34. The van der Waals surface area contributed by atoms with Crippen molar-refractivity contribution in [3.05, 3.63) is 59.7 Å². The zero-order chi connectivity index (χ0) is 16.3. The molecule has 2 amide bonds. The molecule has 0 saturated heterocycles. The van der Waals surface area contributed by atoms with Gasteiger partial charge in [-0.05, 0) is 30.7 Å². The fourth-order valence-electron chi connectivity index (χ4n) is 2.21. The maximum atomic E-state index is 11.9. The number of urea groups is 1. The van der Waals surface area contributed by atoms with Gasteiger partial charge in [0.2, 0.25) is 0 Å². The van der Waals surface area contributed by atoms with Gasteiger partial charge < -0.3 is 5.73 Å². The molecule has 6 heteroatoms. The predicted octanol–water partition coefficient (Wildman–Crippen LogP) is 2.76. The Kier molecular flexibility index (Phi) is 4.51. The van der Waals surface area contributed by atoms with Crippen LogP contribution in [0, 0.1) is 6.92 Å². The molecule has 0 fully saturated rings. The number of carbonyl (C=O) groups is 1. The number of carbonyl (C=O) groups excluding carboxylic acids is 1. The number of hydrogen-bond donors (Lipinski definition) is 1. The van der Waals surface area contributed by atoms with E-state index >= 15 is 0 Å². The van der Waals surface area contributed by atoms with E-state index in [1.807, 2.05) is 19.1 Å². The van der Waals surface area contributed by atoms with Crippen molar-refractivity contribution in [2.75, 3.05) is 11.2 Å². The molecule has 0 aliphatic heterocycles. The quantitative estimate of drug-likeness (QED) is 0.941. The molecule has 5 nitrogen and oxygen atoms in total. The summed E-state index contributed by atoms with van der Waals surface area (Å²) in [6.45, 7) is 1.94. The van der Waals surface area contributed by atoms with Gasteiger partial charge in [-0.15, -0.1) is 0 Å². The van der Waals surface area contributed by atoms with Crippen LogP contribution in [0.4, 0.5) is 16.2 Å². The number of aryl methyl sites for hydroxylation is 1. The third-order valence-electron chi connectivity index (χ3n) is 3.16. The summed E-state index contributed by atoms with van der Waals surface area (Å²) in [5, 5.41) is 0. The smallest absolute Gasteiger partial charge is 0.323 e. The Balaban J connectivity index is 2.54. The first kappa shape index (κ1) is 16.0. The molecule has 2 aromatic rings. The number of hydrogen-bond acceptors (Lipinski definition) is 3. The Bertz CT molecular complexity index is 783. The minimum atomic E-state index is -3.23. The van der Waals surface area contributed by atoms with Gasteiger partial charge in [-0.1, -0.05) is 35.9 Å². The van der Waals surface area contributed by atoms with Crippen molar-refractivity contribution in [1.29, 1.82) is 0 Å². The summed E-state index contributed by atoms with van der Waals surface area (Å²) in [6.07, 6.45) is 1.16. The van der Waals surface area contributed by atoms with Crippen molar-refractivity contribution < 1.29 is 13.2 Å². The SMILES string of the molecule is Cc1ccc(N(C(N)=O)c2ccccc2CS(C)(=O)=O)cc1. The zero-order valence-electron chi connectivity index (χ0n) is 12.5. The molecule has 0 atom stereocenters. The van der Waals surface area contributed by atoms with Crippen molar-refractivity contribution in [2.45, 2.75) is 12.7 Å². The Morgan fingerprint density at radius 2 is 1.68 bits per heavy atom. The minimum absolute atomic E-state index is 0.154. The highest BCUT2D eigenvalue weighted by Gasteiger charge is 2.19. The van der Waals surface area contributed by atoms with Crippen LogP contribution in [0.1, 0.15) is 11.1 Å². The van der Waals surface area contributed by atoms with Gasteiger partial charge in [0.05, 0.1) is 17.1 Å². The second kappa shape index (κ2) is 6.19. The van der Waals surface area contributed by atoms with Crippen LogP contribution in [0.5, 0.6) is 0 Å². The number of nitrogens with zero attached hydrogens (tertiary/aromatic N) is 1. The molecule has 0 aromatic heterocycles. The molecule has 0 bridgehead atoms. The average molecular weight is 318 g/mol. The molecule has 0 aliphatic carbocycles. The lowest BCUT2D eigenvalue weighted by atomic mass is 10.1. The first-order valence-corrected chi connectivity index (χ1v) is 8.76. The summed E-state index contributed by atoms with van der Waals surface area (Å²) in [6, 6.07) is 13.5. The molecule has 0 radical (unpaired) electrons. The summed E-state index contributed by atoms with van der Waals surface area (Å²) in [4.78, 5) is 13.2. The third-order valence-corrected chi connectivity index (χ3v) is 4.00. The zero-order valence-corrected chi connectivity index (χ0v) is 13.3. The Labute approximate surface area is 130 Å². The first-order valence-electron chi connectivity index (χ1n) is 6.70. The number of amides is 2. The molecule has 0 aliphatic rings. The van der Waals surface area contributed by atoms with Crippen LogP contribution >= 0.6 is 0 Å². The van der Waals surface area contributed by atoms with Crippen LogP contribution in [0.3, 0.4) is 0 Å². The largest absolute Gasteiger partial charge is 0.351 e. The van der Waals surface area contributed by atoms with Crippen LogP contribution < -0.4 is 10.6 Å². The van der Waals surface area contributed by atoms with E-state index in [-0.39, 0.29) is 5.75 Å². The fourth-order valence-corrected chi connectivity index (χ4v) is 3.02. The van der Waals surface area contributed by atoms with Crippen molar-refractivity contribution in [3.8, 4) is 0 Å². The van der Waals surface area contributed by atoms with E-state index in [0.29, 0.717) is 16.9 Å². The normalized spacial score (nSPS) is 11.2. The van der Waals surface area contributed by atoms with Gasteiger partial charge in [0.15, 0.2) is 9.84 Å². The summed E-state index contributed by atoms with van der Waals surface area (Å²) < 4.78 is 23.2. The first-order chi connectivity index (χ1) is 10.3. The Morgan fingerprint density at radius 3 is 2.23 bits per heavy atom. The second-order valence-electron chi connectivity index (χ2n) is 5.21. The molecule has 0 saturated carbocycles. The van der Waals surface area contributed by atoms with Gasteiger partial charge in [-0.3, -0.25) is 4.90 Å². The van der Waals surface area contributed by atoms with Gasteiger partial charge in [0.1, 0.15) is 0 Å². The lowest BCUT2D eigenvalue weighted by Crippen LogP contribution is -2.32. The van der Waals surface area contributed by atoms with Crippen molar-refractivity contribution in [3.63, 3.8) is 0 Å². The van der Waals surface area contributed by atoms with E-state index in [1.165, 1.54) is 4.90 Å². The minimum Gasteiger partial charge on any atom is -0.351 e. The molecule has 116 valence electrons. The maximum Gasteiger partial charge on any atom is 0.323 e. The van der Waals surface area contributed by atoms with E-state index < -0.39 is 15.9 Å². The molecular formula is C16H18N2O3S. The molecule has 0 spiro atoms. The summed E-state index contributed by atoms with van der Waals surface area (Å²) in [5.41, 5.74) is 8.17. The van der Waals surface area contributed by atoms with Gasteiger partial charge in [-0.2, -0.15) is 0 Å². The van der Waals surface area contributed by atoms with Crippen LogP contribution in [0.15, 0.2) is 48.5 Å². The van der Waals surface area contributed by atoms with Crippen molar-refractivity contribution in [1.82, 2.24) is 0 Å². The van der Waals surface area contributed by atoms with E-state index in [4.69, 9.17) is 5.73 Å². The summed E-state index contributed by atoms with van der Waals surface area (Å²) in [7, 11) is -3.23. The van der Waals surface area contributed by atoms with Crippen LogP contribution in [0.2, 0.25) is 0 Å². The molecule has 2 N–H and O–H groups in total. The van der Waals surface area contributed by atoms with Crippen LogP contribution in [-0.4, -0.2) is 20.7 Å². The number of primary amides is 1. The summed E-state index contributed by atoms with van der Waals surface area (Å²) >= 11 is 0. The highest BCUT2D eigenvalue weighted by atomic mass is 32.2. The highest BCUT2D eigenvalue weighted by molar-refractivity contribution is 7.89. The van der Waals surface area contributed by atoms with E-state index in [0.717, 1.165) is 11.8 Å². The highest BCUT2D eigenvalue weighted by Crippen LogP contribution is 2.29. The summed E-state index contributed by atoms with van der Waals surface area (Å²) in [5.74, 6) is -0.154. The molecule has 2 rings (SSSR count). The van der Waals surface area contributed by atoms with Crippen molar-refractivity contribution in [2.24, 2.45) is 5.73 Å². The van der Waals surface area contributed by atoms with Crippen LogP contribution in [-0.2, 0) is 15.6 Å². The van der Waals surface area contributed by atoms with Crippen molar-refractivity contribution >= 4 is 27.2 Å². The molecule has 22 heavy (non-hydrogen) atoms. The number of para-hydroxylation sites is 1. The molecule has 0 heterocycles. The van der Waals surface area contributed by atoms with E-state index in [1.54, 1.807) is 36.4 Å². The number of nitrogens with two attached hydrogens (primary N) is 1. The van der Waals surface area contributed by atoms with E-state index in [2.05, 4.69) is 0 Å².